The summed E-state index contributed by atoms with van der Waals surface area (Å²) in [6, 6.07) is 20.3. The van der Waals surface area contributed by atoms with Gasteiger partial charge in [-0.25, -0.2) is 8.42 Å². The first kappa shape index (κ1) is 24.5. The van der Waals surface area contributed by atoms with E-state index in [0.717, 1.165) is 30.6 Å². The van der Waals surface area contributed by atoms with Gasteiger partial charge in [-0.1, -0.05) is 36.7 Å². The van der Waals surface area contributed by atoms with Gasteiger partial charge in [0.05, 0.1) is 4.90 Å². The summed E-state index contributed by atoms with van der Waals surface area (Å²) in [5.74, 6) is -0.270. The van der Waals surface area contributed by atoms with E-state index >= 15 is 0 Å². The lowest BCUT2D eigenvalue weighted by Crippen LogP contribution is -2.31. The van der Waals surface area contributed by atoms with Crippen LogP contribution < -0.4 is 5.32 Å². The minimum absolute atomic E-state index is 0.235. The second-order valence-electron chi connectivity index (χ2n) is 8.69. The number of aryl methyl sites for hydroxylation is 2. The van der Waals surface area contributed by atoms with Crippen molar-refractivity contribution >= 4 is 33.4 Å². The van der Waals surface area contributed by atoms with Crippen LogP contribution in [0.15, 0.2) is 81.4 Å². The molecule has 0 saturated carbocycles. The summed E-state index contributed by atoms with van der Waals surface area (Å²) < 4.78 is 27.4. The van der Waals surface area contributed by atoms with Crippen molar-refractivity contribution < 1.29 is 13.2 Å². The molecule has 7 heteroatoms. The number of rotatable bonds is 6. The standard InChI is InChI=1S/C27H30N2O3S2/c1-20-7-8-21(2)26(19-20)33-24-13-11-23(12-14-24)28-27(30)22-9-15-25(16-10-22)34(31,32)29-17-5-3-4-6-18-29/h7-16,19H,3-6,17-18H2,1-2H3,(H,28,30). The van der Waals surface area contributed by atoms with Gasteiger partial charge in [0.25, 0.3) is 5.91 Å². The van der Waals surface area contributed by atoms with Gasteiger partial charge in [0.15, 0.2) is 0 Å². The zero-order chi connectivity index (χ0) is 24.1. The first-order valence-corrected chi connectivity index (χ1v) is 13.9. The Morgan fingerprint density at radius 2 is 1.50 bits per heavy atom. The third kappa shape index (κ3) is 5.90. The van der Waals surface area contributed by atoms with Crippen LogP contribution in [0.3, 0.4) is 0 Å². The van der Waals surface area contributed by atoms with E-state index in [1.165, 1.54) is 28.2 Å². The Balaban J connectivity index is 1.40. The van der Waals surface area contributed by atoms with E-state index in [4.69, 9.17) is 0 Å². The summed E-state index contributed by atoms with van der Waals surface area (Å²) in [6.07, 6.45) is 3.91. The molecule has 1 amide bonds. The first-order chi connectivity index (χ1) is 16.3. The highest BCUT2D eigenvalue weighted by molar-refractivity contribution is 7.99. The molecule has 3 aromatic rings. The first-order valence-electron chi connectivity index (χ1n) is 11.6. The van der Waals surface area contributed by atoms with Gasteiger partial charge in [-0.2, -0.15) is 4.31 Å². The molecule has 1 heterocycles. The van der Waals surface area contributed by atoms with Gasteiger partial charge in [0.1, 0.15) is 0 Å². The normalized spacial score (nSPS) is 15.0. The van der Waals surface area contributed by atoms with Gasteiger partial charge in [0, 0.05) is 34.1 Å². The highest BCUT2D eigenvalue weighted by Gasteiger charge is 2.25. The summed E-state index contributed by atoms with van der Waals surface area (Å²) in [7, 11) is -3.52. The Morgan fingerprint density at radius 3 is 2.15 bits per heavy atom. The quantitative estimate of drug-likeness (QED) is 0.438. The third-order valence-electron chi connectivity index (χ3n) is 6.00. The van der Waals surface area contributed by atoms with Crippen LogP contribution in [-0.2, 0) is 10.0 Å². The van der Waals surface area contributed by atoms with Gasteiger partial charge >= 0.3 is 0 Å². The monoisotopic (exact) mass is 494 g/mol. The van der Waals surface area contributed by atoms with Crippen LogP contribution in [0.2, 0.25) is 0 Å². The molecule has 3 aromatic carbocycles. The molecule has 1 fully saturated rings. The van der Waals surface area contributed by atoms with Crippen molar-refractivity contribution in [3.8, 4) is 0 Å². The molecule has 0 aromatic heterocycles. The topological polar surface area (TPSA) is 66.5 Å². The van der Waals surface area contributed by atoms with Crippen molar-refractivity contribution in [2.75, 3.05) is 18.4 Å². The highest BCUT2D eigenvalue weighted by Crippen LogP contribution is 2.31. The molecule has 1 saturated heterocycles. The Hall–Kier alpha value is -2.61. The van der Waals surface area contributed by atoms with Crippen molar-refractivity contribution in [3.63, 3.8) is 0 Å². The number of sulfonamides is 1. The smallest absolute Gasteiger partial charge is 0.255 e. The number of amides is 1. The van der Waals surface area contributed by atoms with Gasteiger partial charge in [-0.05, 0) is 92.4 Å². The minimum atomic E-state index is -3.52. The molecule has 34 heavy (non-hydrogen) atoms. The zero-order valence-corrected chi connectivity index (χ0v) is 21.2. The van der Waals surface area contributed by atoms with Crippen LogP contribution >= 0.6 is 11.8 Å². The molecule has 0 bridgehead atoms. The SMILES string of the molecule is Cc1ccc(C)c(Sc2ccc(NC(=O)c3ccc(S(=O)(=O)N4CCCCCC4)cc3)cc2)c1. The summed E-state index contributed by atoms with van der Waals surface area (Å²) in [6.45, 7) is 5.30. The van der Waals surface area contributed by atoms with Gasteiger partial charge in [-0.15, -0.1) is 0 Å². The van der Waals surface area contributed by atoms with Crippen LogP contribution in [-0.4, -0.2) is 31.7 Å². The fourth-order valence-electron chi connectivity index (χ4n) is 3.96. The zero-order valence-electron chi connectivity index (χ0n) is 19.6. The van der Waals surface area contributed by atoms with E-state index in [-0.39, 0.29) is 10.8 Å². The van der Waals surface area contributed by atoms with Gasteiger partial charge in [0.2, 0.25) is 10.0 Å². The fourth-order valence-corrected chi connectivity index (χ4v) is 6.48. The molecule has 5 nitrogen and oxygen atoms in total. The van der Waals surface area contributed by atoms with Crippen LogP contribution in [0, 0.1) is 13.8 Å². The third-order valence-corrected chi connectivity index (χ3v) is 9.08. The second-order valence-corrected chi connectivity index (χ2v) is 11.7. The largest absolute Gasteiger partial charge is 0.322 e. The average molecular weight is 495 g/mol. The maximum Gasteiger partial charge on any atom is 0.255 e. The van der Waals surface area contributed by atoms with Crippen molar-refractivity contribution in [2.45, 2.75) is 54.2 Å². The number of benzene rings is 3. The lowest BCUT2D eigenvalue weighted by Gasteiger charge is -2.20. The van der Waals surface area contributed by atoms with Gasteiger partial charge < -0.3 is 5.32 Å². The van der Waals surface area contributed by atoms with Crippen molar-refractivity contribution in [1.29, 1.82) is 0 Å². The molecule has 178 valence electrons. The number of carbonyl (C=O) groups excluding carboxylic acids is 1. The Kier molecular flexibility index (Phi) is 7.76. The number of hydrogen-bond acceptors (Lipinski definition) is 4. The maximum atomic E-state index is 12.9. The summed E-state index contributed by atoms with van der Waals surface area (Å²) in [5.41, 5.74) is 3.57. The van der Waals surface area contributed by atoms with E-state index in [0.29, 0.717) is 24.3 Å². The molecule has 0 unspecified atom stereocenters. The Morgan fingerprint density at radius 1 is 0.853 bits per heavy atom. The van der Waals surface area contributed by atoms with Gasteiger partial charge in [-0.3, -0.25) is 4.79 Å². The number of hydrogen-bond donors (Lipinski definition) is 1. The predicted octanol–water partition coefficient (Wildman–Crippen LogP) is 6.27. The molecular weight excluding hydrogens is 464 g/mol. The van der Waals surface area contributed by atoms with E-state index in [2.05, 4.69) is 37.4 Å². The van der Waals surface area contributed by atoms with Crippen LogP contribution in [0.1, 0.15) is 47.2 Å². The molecule has 4 rings (SSSR count). The van der Waals surface area contributed by atoms with E-state index in [1.807, 2.05) is 24.3 Å². The summed E-state index contributed by atoms with van der Waals surface area (Å²) >= 11 is 1.70. The highest BCUT2D eigenvalue weighted by atomic mass is 32.2. The fraction of sp³-hybridized carbons (Fsp3) is 0.296. The van der Waals surface area contributed by atoms with E-state index in [1.54, 1.807) is 28.2 Å². The number of carbonyl (C=O) groups is 1. The van der Waals surface area contributed by atoms with Crippen molar-refractivity contribution in [1.82, 2.24) is 4.31 Å². The van der Waals surface area contributed by atoms with Crippen LogP contribution in [0.25, 0.3) is 0 Å². The van der Waals surface area contributed by atoms with E-state index in [9.17, 15) is 13.2 Å². The molecule has 0 aliphatic carbocycles. The Labute approximate surface area is 206 Å². The molecular formula is C27H30N2O3S2. The maximum absolute atomic E-state index is 12.9. The molecule has 1 aliphatic rings. The lowest BCUT2D eigenvalue weighted by molar-refractivity contribution is 0.102. The minimum Gasteiger partial charge on any atom is -0.322 e. The van der Waals surface area contributed by atoms with Crippen LogP contribution in [0.5, 0.6) is 0 Å². The summed E-state index contributed by atoms with van der Waals surface area (Å²) in [4.78, 5) is 15.2. The molecule has 1 aliphatic heterocycles. The average Bonchev–Trinajstić information content (AvgIpc) is 3.13. The summed E-state index contributed by atoms with van der Waals surface area (Å²) in [5, 5.41) is 2.89. The molecule has 0 atom stereocenters. The number of nitrogens with one attached hydrogen (secondary N) is 1. The number of nitrogens with zero attached hydrogens (tertiary/aromatic N) is 1. The van der Waals surface area contributed by atoms with Crippen molar-refractivity contribution in [2.24, 2.45) is 0 Å². The lowest BCUT2D eigenvalue weighted by atomic mass is 10.2. The Bertz CT molecular complexity index is 1250. The molecule has 1 N–H and O–H groups in total. The van der Waals surface area contributed by atoms with E-state index < -0.39 is 10.0 Å². The molecule has 0 spiro atoms. The van der Waals surface area contributed by atoms with Crippen LogP contribution in [0.4, 0.5) is 5.69 Å². The molecule has 0 radical (unpaired) electrons. The second kappa shape index (κ2) is 10.8. The number of anilines is 1. The predicted molar refractivity (Wildman–Crippen MR) is 138 cm³/mol. The van der Waals surface area contributed by atoms with Crippen molar-refractivity contribution in [3.05, 3.63) is 83.4 Å².